The van der Waals surface area contributed by atoms with Crippen LogP contribution in [0.1, 0.15) is 34.3 Å². The van der Waals surface area contributed by atoms with Gasteiger partial charge in [0.1, 0.15) is 0 Å². The molecule has 0 unspecified atom stereocenters. The summed E-state index contributed by atoms with van der Waals surface area (Å²) in [4.78, 5) is 11.9. The van der Waals surface area contributed by atoms with Gasteiger partial charge in [-0.25, -0.2) is 0 Å². The Balaban J connectivity index is 1.82. The van der Waals surface area contributed by atoms with Crippen molar-refractivity contribution in [2.24, 2.45) is 0 Å². The van der Waals surface area contributed by atoms with E-state index in [0.717, 1.165) is 23.2 Å². The van der Waals surface area contributed by atoms with Crippen molar-refractivity contribution in [2.75, 3.05) is 13.1 Å². The topological polar surface area (TPSA) is 41.1 Å². The lowest BCUT2D eigenvalue weighted by Gasteiger charge is -2.09. The first kappa shape index (κ1) is 12.1. The maximum absolute atomic E-state index is 11.9. The summed E-state index contributed by atoms with van der Waals surface area (Å²) in [5.41, 5.74) is 2.94. The van der Waals surface area contributed by atoms with E-state index in [1.807, 2.05) is 32.0 Å². The molecule has 0 aliphatic heterocycles. The minimum atomic E-state index is 0.0313. The summed E-state index contributed by atoms with van der Waals surface area (Å²) < 4.78 is 0. The number of aryl methyl sites for hydroxylation is 2. The molecule has 1 aromatic carbocycles. The highest BCUT2D eigenvalue weighted by atomic mass is 16.1. The lowest BCUT2D eigenvalue weighted by Crippen LogP contribution is -2.33. The largest absolute Gasteiger partial charge is 0.351 e. The zero-order valence-corrected chi connectivity index (χ0v) is 10.5. The molecule has 0 spiro atoms. The van der Waals surface area contributed by atoms with Crippen molar-refractivity contribution in [3.8, 4) is 0 Å². The standard InChI is InChI=1S/C14H20N2O/c1-10-3-4-11(2)13(9-10)14(17)16-8-7-15-12-5-6-12/h3-4,9,12,15H,5-8H2,1-2H3,(H,16,17). The Morgan fingerprint density at radius 1 is 1.29 bits per heavy atom. The predicted molar refractivity (Wildman–Crippen MR) is 69.3 cm³/mol. The van der Waals surface area contributed by atoms with Crippen LogP contribution in [-0.4, -0.2) is 25.0 Å². The van der Waals surface area contributed by atoms with Crippen LogP contribution in [0, 0.1) is 13.8 Å². The summed E-state index contributed by atoms with van der Waals surface area (Å²) >= 11 is 0. The predicted octanol–water partition coefficient (Wildman–Crippen LogP) is 1.79. The lowest BCUT2D eigenvalue weighted by molar-refractivity contribution is 0.0953. The molecule has 0 radical (unpaired) electrons. The molecule has 0 atom stereocenters. The SMILES string of the molecule is Cc1ccc(C)c(C(=O)NCCNC2CC2)c1. The molecular formula is C14H20N2O. The quantitative estimate of drug-likeness (QED) is 0.760. The summed E-state index contributed by atoms with van der Waals surface area (Å²) in [5, 5.41) is 6.32. The fourth-order valence-corrected chi connectivity index (χ4v) is 1.82. The van der Waals surface area contributed by atoms with Crippen molar-refractivity contribution in [2.45, 2.75) is 32.7 Å². The molecule has 1 amide bonds. The van der Waals surface area contributed by atoms with E-state index in [4.69, 9.17) is 0 Å². The normalized spacial score (nSPS) is 14.7. The zero-order valence-electron chi connectivity index (χ0n) is 10.5. The van der Waals surface area contributed by atoms with Crippen molar-refractivity contribution in [1.29, 1.82) is 0 Å². The van der Waals surface area contributed by atoms with Crippen molar-refractivity contribution in [1.82, 2.24) is 10.6 Å². The van der Waals surface area contributed by atoms with E-state index in [1.54, 1.807) is 0 Å². The molecule has 3 heteroatoms. The van der Waals surface area contributed by atoms with E-state index in [1.165, 1.54) is 12.8 Å². The number of amides is 1. The summed E-state index contributed by atoms with van der Waals surface area (Å²) in [7, 11) is 0. The van der Waals surface area contributed by atoms with Gasteiger partial charge in [0.25, 0.3) is 5.91 Å². The molecular weight excluding hydrogens is 212 g/mol. The fraction of sp³-hybridized carbons (Fsp3) is 0.500. The number of carbonyl (C=O) groups is 1. The van der Waals surface area contributed by atoms with Crippen molar-refractivity contribution < 1.29 is 4.79 Å². The summed E-state index contributed by atoms with van der Waals surface area (Å²) in [6.45, 7) is 5.53. The second-order valence-electron chi connectivity index (χ2n) is 4.80. The molecule has 0 saturated heterocycles. The second kappa shape index (κ2) is 5.32. The van der Waals surface area contributed by atoms with Crippen LogP contribution in [0.4, 0.5) is 0 Å². The van der Waals surface area contributed by atoms with Crippen LogP contribution in [0.5, 0.6) is 0 Å². The summed E-state index contributed by atoms with van der Waals surface area (Å²) in [6, 6.07) is 6.67. The Morgan fingerprint density at radius 3 is 2.76 bits per heavy atom. The van der Waals surface area contributed by atoms with Gasteiger partial charge in [0.2, 0.25) is 0 Å². The number of hydrogen-bond donors (Lipinski definition) is 2. The molecule has 1 fully saturated rings. The number of carbonyl (C=O) groups excluding carboxylic acids is 1. The van der Waals surface area contributed by atoms with Gasteiger partial charge in [0, 0.05) is 24.7 Å². The number of nitrogens with one attached hydrogen (secondary N) is 2. The fourth-order valence-electron chi connectivity index (χ4n) is 1.82. The lowest BCUT2D eigenvalue weighted by atomic mass is 10.1. The highest BCUT2D eigenvalue weighted by Gasteiger charge is 2.19. The van der Waals surface area contributed by atoms with Crippen LogP contribution < -0.4 is 10.6 Å². The van der Waals surface area contributed by atoms with Gasteiger partial charge in [-0.3, -0.25) is 4.79 Å². The average molecular weight is 232 g/mol. The maximum atomic E-state index is 11.9. The Labute approximate surface area is 103 Å². The van der Waals surface area contributed by atoms with Crippen molar-refractivity contribution in [3.63, 3.8) is 0 Å². The van der Waals surface area contributed by atoms with E-state index in [-0.39, 0.29) is 5.91 Å². The maximum Gasteiger partial charge on any atom is 0.251 e. The van der Waals surface area contributed by atoms with Crippen LogP contribution in [0.25, 0.3) is 0 Å². The molecule has 1 aromatic rings. The Bertz CT molecular complexity index is 411. The molecule has 1 aliphatic rings. The van der Waals surface area contributed by atoms with Crippen molar-refractivity contribution in [3.05, 3.63) is 34.9 Å². The third-order valence-corrected chi connectivity index (χ3v) is 3.06. The third-order valence-electron chi connectivity index (χ3n) is 3.06. The van der Waals surface area contributed by atoms with Gasteiger partial charge in [-0.05, 0) is 38.3 Å². The van der Waals surface area contributed by atoms with E-state index >= 15 is 0 Å². The highest BCUT2D eigenvalue weighted by molar-refractivity contribution is 5.95. The monoisotopic (exact) mass is 232 g/mol. The molecule has 2 N–H and O–H groups in total. The van der Waals surface area contributed by atoms with E-state index < -0.39 is 0 Å². The summed E-state index contributed by atoms with van der Waals surface area (Å²) in [5.74, 6) is 0.0313. The third kappa shape index (κ3) is 3.56. The first-order valence-electron chi connectivity index (χ1n) is 6.25. The molecule has 3 nitrogen and oxygen atoms in total. The van der Waals surface area contributed by atoms with Crippen LogP contribution in [0.2, 0.25) is 0 Å². The number of benzene rings is 1. The van der Waals surface area contributed by atoms with E-state index in [9.17, 15) is 4.79 Å². The Morgan fingerprint density at radius 2 is 2.06 bits per heavy atom. The number of rotatable bonds is 5. The molecule has 0 heterocycles. The van der Waals surface area contributed by atoms with Gasteiger partial charge in [0.05, 0.1) is 0 Å². The smallest absolute Gasteiger partial charge is 0.251 e. The molecule has 1 saturated carbocycles. The second-order valence-corrected chi connectivity index (χ2v) is 4.80. The Kier molecular flexibility index (Phi) is 3.79. The van der Waals surface area contributed by atoms with Crippen LogP contribution in [0.3, 0.4) is 0 Å². The minimum absolute atomic E-state index is 0.0313. The van der Waals surface area contributed by atoms with Gasteiger partial charge in [-0.1, -0.05) is 17.7 Å². The highest BCUT2D eigenvalue weighted by Crippen LogP contribution is 2.17. The van der Waals surface area contributed by atoms with Crippen LogP contribution in [-0.2, 0) is 0 Å². The van der Waals surface area contributed by atoms with Gasteiger partial charge < -0.3 is 10.6 Å². The molecule has 0 aromatic heterocycles. The van der Waals surface area contributed by atoms with Gasteiger partial charge in [-0.2, -0.15) is 0 Å². The first-order chi connectivity index (χ1) is 8.16. The van der Waals surface area contributed by atoms with Crippen molar-refractivity contribution >= 4 is 5.91 Å². The van der Waals surface area contributed by atoms with Crippen LogP contribution >= 0.6 is 0 Å². The molecule has 1 aliphatic carbocycles. The molecule has 92 valence electrons. The van der Waals surface area contributed by atoms with Gasteiger partial charge >= 0.3 is 0 Å². The Hall–Kier alpha value is -1.35. The first-order valence-corrected chi connectivity index (χ1v) is 6.25. The zero-order chi connectivity index (χ0) is 12.3. The van der Waals surface area contributed by atoms with Crippen LogP contribution in [0.15, 0.2) is 18.2 Å². The van der Waals surface area contributed by atoms with Gasteiger partial charge in [-0.15, -0.1) is 0 Å². The van der Waals surface area contributed by atoms with E-state index in [2.05, 4.69) is 10.6 Å². The molecule has 0 bridgehead atoms. The summed E-state index contributed by atoms with van der Waals surface area (Å²) in [6.07, 6.45) is 2.57. The number of hydrogen-bond acceptors (Lipinski definition) is 2. The average Bonchev–Trinajstić information content (AvgIpc) is 3.11. The molecule has 2 rings (SSSR count). The molecule has 17 heavy (non-hydrogen) atoms. The van der Waals surface area contributed by atoms with E-state index in [0.29, 0.717) is 12.6 Å². The van der Waals surface area contributed by atoms with Gasteiger partial charge in [0.15, 0.2) is 0 Å². The minimum Gasteiger partial charge on any atom is -0.351 e.